The Balaban J connectivity index is 2.46. The lowest BCUT2D eigenvalue weighted by atomic mass is 10.2. The van der Waals surface area contributed by atoms with Gasteiger partial charge in [0.25, 0.3) is 10.0 Å². The standard InChI is InChI=1S/C12H12FN3O2S/c1-8-4-2-5-9(13)11(8)16-19(17,18)10-6-3-7-15-12(10)14/h2-7,16H,1H3,(H2,14,15). The molecule has 0 bridgehead atoms. The Morgan fingerprint density at radius 2 is 2.00 bits per heavy atom. The molecule has 0 aliphatic carbocycles. The predicted molar refractivity (Wildman–Crippen MR) is 70.6 cm³/mol. The van der Waals surface area contributed by atoms with Gasteiger partial charge in [0.1, 0.15) is 16.5 Å². The summed E-state index contributed by atoms with van der Waals surface area (Å²) in [6, 6.07) is 7.03. The first-order chi connectivity index (χ1) is 8.92. The van der Waals surface area contributed by atoms with Crippen molar-refractivity contribution >= 4 is 21.5 Å². The van der Waals surface area contributed by atoms with Crippen LogP contribution in [0.5, 0.6) is 0 Å². The number of benzene rings is 1. The number of nitrogens with zero attached hydrogens (tertiary/aromatic N) is 1. The van der Waals surface area contributed by atoms with E-state index in [2.05, 4.69) is 9.71 Å². The maximum Gasteiger partial charge on any atom is 0.265 e. The van der Waals surface area contributed by atoms with Crippen molar-refractivity contribution in [3.8, 4) is 0 Å². The number of hydrogen-bond donors (Lipinski definition) is 2. The van der Waals surface area contributed by atoms with Gasteiger partial charge in [0.2, 0.25) is 0 Å². The Morgan fingerprint density at radius 3 is 2.63 bits per heavy atom. The number of nitrogen functional groups attached to an aromatic ring is 1. The summed E-state index contributed by atoms with van der Waals surface area (Å²) in [7, 11) is -3.97. The van der Waals surface area contributed by atoms with Crippen molar-refractivity contribution in [1.82, 2.24) is 4.98 Å². The van der Waals surface area contributed by atoms with E-state index in [-0.39, 0.29) is 16.4 Å². The fourth-order valence-electron chi connectivity index (χ4n) is 1.58. The van der Waals surface area contributed by atoms with Gasteiger partial charge < -0.3 is 5.73 Å². The molecule has 0 spiro atoms. The zero-order valence-corrected chi connectivity index (χ0v) is 10.9. The Bertz CT molecular complexity index is 696. The molecule has 2 aromatic rings. The van der Waals surface area contributed by atoms with Crippen molar-refractivity contribution < 1.29 is 12.8 Å². The number of nitrogens with one attached hydrogen (secondary N) is 1. The van der Waals surface area contributed by atoms with Crippen LogP contribution < -0.4 is 10.5 Å². The lowest BCUT2D eigenvalue weighted by molar-refractivity contribution is 0.598. The lowest BCUT2D eigenvalue weighted by Gasteiger charge is -2.12. The van der Waals surface area contributed by atoms with Crippen LogP contribution in [0.4, 0.5) is 15.9 Å². The molecule has 0 aliphatic heterocycles. The van der Waals surface area contributed by atoms with Crippen LogP contribution in [0.2, 0.25) is 0 Å². The van der Waals surface area contributed by atoms with E-state index in [1.807, 2.05) is 0 Å². The number of halogens is 1. The monoisotopic (exact) mass is 281 g/mol. The molecule has 0 fully saturated rings. The number of para-hydroxylation sites is 1. The molecular weight excluding hydrogens is 269 g/mol. The second-order valence-electron chi connectivity index (χ2n) is 3.92. The average molecular weight is 281 g/mol. The molecule has 19 heavy (non-hydrogen) atoms. The van der Waals surface area contributed by atoms with E-state index in [1.54, 1.807) is 13.0 Å². The molecule has 3 N–H and O–H groups in total. The number of rotatable bonds is 3. The minimum Gasteiger partial charge on any atom is -0.383 e. The highest BCUT2D eigenvalue weighted by molar-refractivity contribution is 7.92. The summed E-state index contributed by atoms with van der Waals surface area (Å²) < 4.78 is 40.1. The first kappa shape index (κ1) is 13.3. The second kappa shape index (κ2) is 4.85. The van der Waals surface area contributed by atoms with E-state index in [0.29, 0.717) is 5.56 Å². The van der Waals surface area contributed by atoms with Gasteiger partial charge in [0, 0.05) is 6.20 Å². The highest BCUT2D eigenvalue weighted by atomic mass is 32.2. The molecule has 0 aliphatic rings. The van der Waals surface area contributed by atoms with Gasteiger partial charge in [0.05, 0.1) is 5.69 Å². The van der Waals surface area contributed by atoms with Crippen molar-refractivity contribution in [2.75, 3.05) is 10.5 Å². The highest BCUT2D eigenvalue weighted by Crippen LogP contribution is 2.24. The quantitative estimate of drug-likeness (QED) is 0.900. The number of nitrogens with two attached hydrogens (primary N) is 1. The highest BCUT2D eigenvalue weighted by Gasteiger charge is 2.20. The lowest BCUT2D eigenvalue weighted by Crippen LogP contribution is -2.17. The molecule has 0 amide bonds. The van der Waals surface area contributed by atoms with Gasteiger partial charge >= 0.3 is 0 Å². The van der Waals surface area contributed by atoms with E-state index in [0.717, 1.165) is 0 Å². The minimum absolute atomic E-state index is 0.0919. The van der Waals surface area contributed by atoms with Crippen LogP contribution in [0, 0.1) is 12.7 Å². The van der Waals surface area contributed by atoms with Crippen LogP contribution in [0.25, 0.3) is 0 Å². The third kappa shape index (κ3) is 2.65. The van der Waals surface area contributed by atoms with Crippen molar-refractivity contribution in [3.63, 3.8) is 0 Å². The Morgan fingerprint density at radius 1 is 1.26 bits per heavy atom. The van der Waals surface area contributed by atoms with E-state index < -0.39 is 15.8 Å². The van der Waals surface area contributed by atoms with Crippen molar-refractivity contribution in [1.29, 1.82) is 0 Å². The van der Waals surface area contributed by atoms with Crippen LogP contribution in [-0.2, 0) is 10.0 Å². The topological polar surface area (TPSA) is 85.1 Å². The van der Waals surface area contributed by atoms with E-state index in [1.165, 1.54) is 30.5 Å². The zero-order chi connectivity index (χ0) is 14.0. The largest absolute Gasteiger partial charge is 0.383 e. The molecule has 1 heterocycles. The van der Waals surface area contributed by atoms with Gasteiger partial charge in [-0.05, 0) is 30.7 Å². The second-order valence-corrected chi connectivity index (χ2v) is 5.57. The van der Waals surface area contributed by atoms with Crippen LogP contribution >= 0.6 is 0 Å². The van der Waals surface area contributed by atoms with E-state index in [9.17, 15) is 12.8 Å². The number of pyridine rings is 1. The summed E-state index contributed by atoms with van der Waals surface area (Å²) in [4.78, 5) is 3.51. The summed E-state index contributed by atoms with van der Waals surface area (Å²) in [5, 5.41) is 0. The summed E-state index contributed by atoms with van der Waals surface area (Å²) in [6.07, 6.45) is 1.38. The summed E-state index contributed by atoms with van der Waals surface area (Å²) in [6.45, 7) is 1.60. The molecule has 0 saturated carbocycles. The summed E-state index contributed by atoms with van der Waals surface area (Å²) >= 11 is 0. The van der Waals surface area contributed by atoms with Crippen LogP contribution in [-0.4, -0.2) is 13.4 Å². The third-order valence-corrected chi connectivity index (χ3v) is 3.94. The molecule has 0 saturated heterocycles. The first-order valence-corrected chi connectivity index (χ1v) is 6.88. The maximum absolute atomic E-state index is 13.6. The Kier molecular flexibility index (Phi) is 3.39. The number of aromatic nitrogens is 1. The SMILES string of the molecule is Cc1cccc(F)c1NS(=O)(=O)c1cccnc1N. The average Bonchev–Trinajstić information content (AvgIpc) is 2.34. The molecule has 100 valence electrons. The normalized spacial score (nSPS) is 11.3. The minimum atomic E-state index is -3.97. The number of aryl methyl sites for hydroxylation is 1. The van der Waals surface area contributed by atoms with Gasteiger partial charge in [-0.2, -0.15) is 0 Å². The summed E-state index contributed by atoms with van der Waals surface area (Å²) in [5.74, 6) is -0.782. The fraction of sp³-hybridized carbons (Fsp3) is 0.0833. The number of anilines is 2. The molecule has 0 radical (unpaired) electrons. The van der Waals surface area contributed by atoms with Gasteiger partial charge in [-0.15, -0.1) is 0 Å². The van der Waals surface area contributed by atoms with Crippen LogP contribution in [0.15, 0.2) is 41.4 Å². The molecule has 7 heteroatoms. The van der Waals surface area contributed by atoms with Crippen LogP contribution in [0.1, 0.15) is 5.56 Å². The molecular formula is C12H12FN3O2S. The molecule has 1 aromatic heterocycles. The van der Waals surface area contributed by atoms with Gasteiger partial charge in [-0.3, -0.25) is 4.72 Å². The number of sulfonamides is 1. The van der Waals surface area contributed by atoms with Crippen molar-refractivity contribution in [2.24, 2.45) is 0 Å². The fourth-order valence-corrected chi connectivity index (χ4v) is 2.80. The van der Waals surface area contributed by atoms with E-state index >= 15 is 0 Å². The van der Waals surface area contributed by atoms with Gasteiger partial charge in [-0.1, -0.05) is 12.1 Å². The molecule has 1 aromatic carbocycles. The molecule has 0 atom stereocenters. The van der Waals surface area contributed by atoms with Crippen LogP contribution in [0.3, 0.4) is 0 Å². The van der Waals surface area contributed by atoms with Crippen molar-refractivity contribution in [3.05, 3.63) is 47.9 Å². The molecule has 2 rings (SSSR count). The van der Waals surface area contributed by atoms with Crippen molar-refractivity contribution in [2.45, 2.75) is 11.8 Å². The van der Waals surface area contributed by atoms with Gasteiger partial charge in [-0.25, -0.2) is 17.8 Å². The Hall–Kier alpha value is -2.15. The third-order valence-electron chi connectivity index (χ3n) is 2.55. The Labute approximate surface area is 110 Å². The van der Waals surface area contributed by atoms with Gasteiger partial charge in [0.15, 0.2) is 0 Å². The molecule has 0 unspecified atom stereocenters. The summed E-state index contributed by atoms with van der Waals surface area (Å²) in [5.41, 5.74) is 5.90. The van der Waals surface area contributed by atoms with E-state index in [4.69, 9.17) is 5.73 Å². The predicted octanol–water partition coefficient (Wildman–Crippen LogP) is 1.91. The zero-order valence-electron chi connectivity index (χ0n) is 10.1. The maximum atomic E-state index is 13.6. The smallest absolute Gasteiger partial charge is 0.265 e. The number of hydrogen-bond acceptors (Lipinski definition) is 4. The molecule has 5 nitrogen and oxygen atoms in total. The first-order valence-electron chi connectivity index (χ1n) is 5.40.